The molecule has 2 rings (SSSR count). The summed E-state index contributed by atoms with van der Waals surface area (Å²) in [6, 6.07) is 9.29. The molecule has 21 heavy (non-hydrogen) atoms. The molecule has 0 unspecified atom stereocenters. The minimum absolute atomic E-state index is 0. The summed E-state index contributed by atoms with van der Waals surface area (Å²) in [6.07, 6.45) is 5.99. The molecule has 0 saturated carbocycles. The van der Waals surface area contributed by atoms with Crippen LogP contribution in [0.25, 0.3) is 11.6 Å². The Morgan fingerprint density at radius 1 is 1.14 bits per heavy atom. The first kappa shape index (κ1) is 17.8. The van der Waals surface area contributed by atoms with Gasteiger partial charge in [-0.2, -0.15) is 4.79 Å². The molecule has 0 radical (unpaired) electrons. The normalized spacial score (nSPS) is 15.0. The van der Waals surface area contributed by atoms with Crippen molar-refractivity contribution in [3.05, 3.63) is 70.1 Å². The van der Waals surface area contributed by atoms with Crippen molar-refractivity contribution in [2.45, 2.75) is 6.42 Å². The van der Waals surface area contributed by atoms with Gasteiger partial charge in [-0.05, 0) is 17.2 Å². The molecule has 102 valence electrons. The number of hydrogen-bond acceptors (Lipinski definition) is 3. The van der Waals surface area contributed by atoms with E-state index in [0.717, 1.165) is 5.56 Å². The third-order valence-electron chi connectivity index (χ3n) is 2.80. The van der Waals surface area contributed by atoms with Gasteiger partial charge in [0.25, 0.3) is 5.71 Å². The Balaban J connectivity index is 0.00000220. The second-order valence-corrected chi connectivity index (χ2v) is 5.58. The topological polar surface area (TPSA) is 93.6 Å². The van der Waals surface area contributed by atoms with Crippen LogP contribution in [0.1, 0.15) is 12.0 Å². The van der Waals surface area contributed by atoms with Crippen LogP contribution in [0.2, 0.25) is 0 Å². The fourth-order valence-corrected chi connectivity index (χ4v) is 2.55. The van der Waals surface area contributed by atoms with Crippen molar-refractivity contribution in [2.75, 3.05) is 0 Å². The van der Waals surface area contributed by atoms with Gasteiger partial charge >= 0.3 is 29.6 Å². The van der Waals surface area contributed by atoms with Gasteiger partial charge in [0.15, 0.2) is 0 Å². The van der Waals surface area contributed by atoms with Crippen LogP contribution in [-0.2, 0) is 10.1 Å². The van der Waals surface area contributed by atoms with Crippen LogP contribution < -0.4 is 29.6 Å². The largest absolute Gasteiger partial charge is 1.00 e. The van der Waals surface area contributed by atoms with E-state index in [9.17, 15) is 13.0 Å². The van der Waals surface area contributed by atoms with Gasteiger partial charge in [0.1, 0.15) is 10.1 Å². The van der Waals surface area contributed by atoms with Gasteiger partial charge in [-0.1, -0.05) is 42.5 Å². The van der Waals surface area contributed by atoms with Crippen molar-refractivity contribution in [1.29, 1.82) is 0 Å². The fourth-order valence-electron chi connectivity index (χ4n) is 1.80. The van der Waals surface area contributed by atoms with Crippen LogP contribution >= 0.6 is 0 Å². The van der Waals surface area contributed by atoms with Crippen LogP contribution in [0.3, 0.4) is 0 Å². The molecule has 0 amide bonds. The van der Waals surface area contributed by atoms with Gasteiger partial charge in [-0.3, -0.25) is 0 Å². The van der Waals surface area contributed by atoms with Gasteiger partial charge in [-0.15, -0.1) is 0 Å². The monoisotopic (exact) mass is 310 g/mol. The van der Waals surface area contributed by atoms with Crippen LogP contribution in [0.5, 0.6) is 0 Å². The van der Waals surface area contributed by atoms with Crippen molar-refractivity contribution in [3.8, 4) is 0 Å². The first-order valence-electron chi connectivity index (χ1n) is 5.82. The zero-order valence-corrected chi connectivity index (χ0v) is 14.2. The molecule has 0 heterocycles. The zero-order valence-electron chi connectivity index (χ0n) is 11.4. The summed E-state index contributed by atoms with van der Waals surface area (Å²) >= 11 is 0. The summed E-state index contributed by atoms with van der Waals surface area (Å²) in [4.78, 5) is 2.64. The SMILES string of the molecule is [N-]=[N+]=C1C=CC(C=Cc2ccccc2)=C(S(=O)(=O)[O-])C1.[Na+]. The molecule has 0 aromatic heterocycles. The van der Waals surface area contributed by atoms with E-state index in [1.54, 1.807) is 12.2 Å². The first-order valence-corrected chi connectivity index (χ1v) is 7.23. The molecule has 1 aliphatic rings. The summed E-state index contributed by atoms with van der Waals surface area (Å²) in [5.41, 5.74) is 9.99. The van der Waals surface area contributed by atoms with Gasteiger partial charge in [-0.25, -0.2) is 8.42 Å². The van der Waals surface area contributed by atoms with E-state index in [4.69, 9.17) is 5.53 Å². The Kier molecular flexibility index (Phi) is 6.48. The summed E-state index contributed by atoms with van der Waals surface area (Å²) in [7, 11) is -4.59. The molecule has 0 aliphatic heterocycles. The molecule has 0 bridgehead atoms. The van der Waals surface area contributed by atoms with Crippen LogP contribution in [-0.4, -0.2) is 23.5 Å². The van der Waals surface area contributed by atoms with Crippen molar-refractivity contribution in [3.63, 3.8) is 0 Å². The molecule has 0 fully saturated rings. The van der Waals surface area contributed by atoms with E-state index in [1.807, 2.05) is 30.3 Å². The summed E-state index contributed by atoms with van der Waals surface area (Å²) in [5, 5.41) is 0. The van der Waals surface area contributed by atoms with Crippen LogP contribution in [0, 0.1) is 0 Å². The van der Waals surface area contributed by atoms with Gasteiger partial charge in [0.2, 0.25) is 0 Å². The van der Waals surface area contributed by atoms with Gasteiger partial charge < -0.3 is 10.1 Å². The number of nitrogens with zero attached hydrogens (tertiary/aromatic N) is 2. The molecular weight excluding hydrogens is 299 g/mol. The number of hydrogen-bond donors (Lipinski definition) is 0. The molecule has 0 spiro atoms. The molecule has 0 N–H and O–H groups in total. The van der Waals surface area contributed by atoms with E-state index in [2.05, 4.69) is 4.79 Å². The Hall–Kier alpha value is -1.27. The Labute approximate surface area is 145 Å². The Morgan fingerprint density at radius 2 is 1.81 bits per heavy atom. The van der Waals surface area contributed by atoms with Crippen LogP contribution in [0.15, 0.2) is 59.0 Å². The average molecular weight is 310 g/mol. The molecule has 1 aromatic carbocycles. The van der Waals surface area contributed by atoms with E-state index in [0.29, 0.717) is 5.57 Å². The second-order valence-electron chi connectivity index (χ2n) is 4.18. The molecular formula is C14H11N2NaO3S. The molecule has 5 nitrogen and oxygen atoms in total. The van der Waals surface area contributed by atoms with Crippen molar-refractivity contribution in [2.24, 2.45) is 0 Å². The van der Waals surface area contributed by atoms with Crippen molar-refractivity contribution in [1.82, 2.24) is 0 Å². The van der Waals surface area contributed by atoms with Crippen molar-refractivity contribution < 1.29 is 47.3 Å². The fraction of sp³-hybridized carbons (Fsp3) is 0.0714. The number of allylic oxidation sites excluding steroid dienone is 5. The summed E-state index contributed by atoms with van der Waals surface area (Å²) in [5.74, 6) is 0. The quantitative estimate of drug-likeness (QED) is 0.314. The minimum Gasteiger partial charge on any atom is -0.744 e. The maximum absolute atomic E-state index is 11.3. The zero-order chi connectivity index (χ0) is 14.6. The number of rotatable bonds is 3. The van der Waals surface area contributed by atoms with E-state index >= 15 is 0 Å². The minimum atomic E-state index is -4.59. The first-order chi connectivity index (χ1) is 9.50. The average Bonchev–Trinajstić information content (AvgIpc) is 2.45. The summed E-state index contributed by atoms with van der Waals surface area (Å²) in [6.45, 7) is 0. The maximum atomic E-state index is 11.3. The molecule has 7 heteroatoms. The molecule has 0 atom stereocenters. The number of benzene rings is 1. The molecule has 1 aliphatic carbocycles. The van der Waals surface area contributed by atoms with E-state index in [1.165, 1.54) is 12.2 Å². The maximum Gasteiger partial charge on any atom is 1.00 e. The predicted molar refractivity (Wildman–Crippen MR) is 74.6 cm³/mol. The predicted octanol–water partition coefficient (Wildman–Crippen LogP) is -0.866. The van der Waals surface area contributed by atoms with Gasteiger partial charge in [0, 0.05) is 6.08 Å². The smallest absolute Gasteiger partial charge is 0.744 e. The van der Waals surface area contributed by atoms with Crippen molar-refractivity contribution >= 4 is 21.9 Å². The Bertz CT molecular complexity index is 759. The Morgan fingerprint density at radius 3 is 2.38 bits per heavy atom. The summed E-state index contributed by atoms with van der Waals surface area (Å²) < 4.78 is 33.8. The van der Waals surface area contributed by atoms with Crippen LogP contribution in [0.4, 0.5) is 0 Å². The van der Waals surface area contributed by atoms with Gasteiger partial charge in [0.05, 0.1) is 11.3 Å². The van der Waals surface area contributed by atoms with E-state index < -0.39 is 10.1 Å². The molecule has 0 saturated heterocycles. The standard InChI is InChI=1S/C14H12N2O3S.Na/c15-16-13-9-8-12(14(10-13)20(17,18)19)7-6-11-4-2-1-3-5-11;/h1-9H,10H2,(H,17,18,19);/q;+1/p-1. The third-order valence-corrected chi connectivity index (χ3v) is 3.79. The van der Waals surface area contributed by atoms with E-state index in [-0.39, 0.29) is 46.6 Å². The second kappa shape index (κ2) is 7.66. The third kappa shape index (κ3) is 4.89. The molecule has 1 aromatic rings.